The van der Waals surface area contributed by atoms with E-state index in [1.54, 1.807) is 5.38 Å². The van der Waals surface area contributed by atoms with Gasteiger partial charge in [-0.3, -0.25) is 9.59 Å². The molecule has 1 aromatic heterocycles. The van der Waals surface area contributed by atoms with Crippen molar-refractivity contribution >= 4 is 34.1 Å². The first-order chi connectivity index (χ1) is 10.9. The van der Waals surface area contributed by atoms with Crippen molar-refractivity contribution in [3.63, 3.8) is 0 Å². The third kappa shape index (κ3) is 4.13. The van der Waals surface area contributed by atoms with Gasteiger partial charge in [-0.05, 0) is 36.6 Å². The minimum absolute atomic E-state index is 0.00130. The van der Waals surface area contributed by atoms with E-state index in [4.69, 9.17) is 10.5 Å². The fourth-order valence-electron chi connectivity index (χ4n) is 1.71. The van der Waals surface area contributed by atoms with Crippen LogP contribution in [0.15, 0.2) is 35.7 Å². The standard InChI is InChI=1S/C15H13FN2O4S/c1-8(22-15(21)9-3-2-4-10(16)7-9)13(20)18-14-11(12(17)19)5-6-23-14/h2-8H,1H3,(H2,17,19)(H,18,20)/t8-/m1/s1. The molecule has 1 heterocycles. The number of nitrogens with one attached hydrogen (secondary N) is 1. The maximum Gasteiger partial charge on any atom is 0.339 e. The lowest BCUT2D eigenvalue weighted by atomic mass is 10.2. The van der Waals surface area contributed by atoms with Gasteiger partial charge >= 0.3 is 5.97 Å². The van der Waals surface area contributed by atoms with Crippen LogP contribution in [0, 0.1) is 5.82 Å². The van der Waals surface area contributed by atoms with Crippen molar-refractivity contribution in [2.45, 2.75) is 13.0 Å². The van der Waals surface area contributed by atoms with Crippen LogP contribution in [0.1, 0.15) is 27.6 Å². The Morgan fingerprint density at radius 1 is 1.30 bits per heavy atom. The molecule has 1 atom stereocenters. The quantitative estimate of drug-likeness (QED) is 0.818. The molecule has 2 rings (SSSR count). The summed E-state index contributed by atoms with van der Waals surface area (Å²) in [5, 5.41) is 4.34. The summed E-state index contributed by atoms with van der Waals surface area (Å²) in [5.41, 5.74) is 5.35. The number of halogens is 1. The second kappa shape index (κ2) is 7.01. The Morgan fingerprint density at radius 2 is 2.04 bits per heavy atom. The highest BCUT2D eigenvalue weighted by Crippen LogP contribution is 2.23. The van der Waals surface area contributed by atoms with Crippen molar-refractivity contribution in [2.24, 2.45) is 5.73 Å². The maximum atomic E-state index is 13.1. The number of benzene rings is 1. The Balaban J connectivity index is 2.01. The molecule has 2 amide bonds. The van der Waals surface area contributed by atoms with E-state index in [0.717, 1.165) is 17.4 Å². The molecule has 0 spiro atoms. The molecular formula is C15H13FN2O4S. The Morgan fingerprint density at radius 3 is 2.70 bits per heavy atom. The van der Waals surface area contributed by atoms with E-state index < -0.39 is 29.7 Å². The SMILES string of the molecule is C[C@@H](OC(=O)c1cccc(F)c1)C(=O)Nc1sccc1C(N)=O. The Bertz CT molecular complexity index is 759. The lowest BCUT2D eigenvalue weighted by Gasteiger charge is -2.13. The fourth-order valence-corrected chi connectivity index (χ4v) is 2.51. The molecule has 0 aliphatic heterocycles. The number of rotatable bonds is 5. The Hall–Kier alpha value is -2.74. The molecule has 23 heavy (non-hydrogen) atoms. The van der Waals surface area contributed by atoms with E-state index in [1.165, 1.54) is 31.2 Å². The van der Waals surface area contributed by atoms with Gasteiger partial charge in [-0.2, -0.15) is 0 Å². The highest BCUT2D eigenvalue weighted by atomic mass is 32.1. The van der Waals surface area contributed by atoms with Crippen LogP contribution in [0.2, 0.25) is 0 Å². The number of nitrogens with two attached hydrogens (primary N) is 1. The van der Waals surface area contributed by atoms with Crippen molar-refractivity contribution in [2.75, 3.05) is 5.32 Å². The fraction of sp³-hybridized carbons (Fsp3) is 0.133. The number of anilines is 1. The molecule has 6 nitrogen and oxygen atoms in total. The van der Waals surface area contributed by atoms with Crippen molar-refractivity contribution in [3.05, 3.63) is 52.7 Å². The third-order valence-corrected chi connectivity index (χ3v) is 3.71. The van der Waals surface area contributed by atoms with E-state index in [0.29, 0.717) is 0 Å². The summed E-state index contributed by atoms with van der Waals surface area (Å²) < 4.78 is 18.0. The Labute approximate surface area is 135 Å². The van der Waals surface area contributed by atoms with Gasteiger partial charge in [0.25, 0.3) is 11.8 Å². The predicted octanol–water partition coefficient (Wildman–Crippen LogP) is 2.17. The van der Waals surface area contributed by atoms with Crippen LogP contribution in [-0.4, -0.2) is 23.9 Å². The van der Waals surface area contributed by atoms with Gasteiger partial charge in [0.2, 0.25) is 0 Å². The molecule has 0 radical (unpaired) electrons. The van der Waals surface area contributed by atoms with E-state index in [2.05, 4.69) is 5.32 Å². The number of hydrogen-bond acceptors (Lipinski definition) is 5. The van der Waals surface area contributed by atoms with Crippen molar-refractivity contribution in [3.8, 4) is 0 Å². The summed E-state index contributed by atoms with van der Waals surface area (Å²) in [6.07, 6.45) is -1.13. The van der Waals surface area contributed by atoms with Crippen LogP contribution >= 0.6 is 11.3 Å². The first-order valence-corrected chi connectivity index (χ1v) is 7.41. The molecule has 3 N–H and O–H groups in total. The van der Waals surface area contributed by atoms with E-state index >= 15 is 0 Å². The van der Waals surface area contributed by atoms with Gasteiger partial charge in [0.05, 0.1) is 11.1 Å². The van der Waals surface area contributed by atoms with Gasteiger partial charge in [0.15, 0.2) is 6.10 Å². The van der Waals surface area contributed by atoms with Crippen LogP contribution in [0.5, 0.6) is 0 Å². The van der Waals surface area contributed by atoms with E-state index in [1.807, 2.05) is 0 Å². The summed E-state index contributed by atoms with van der Waals surface area (Å²) in [6, 6.07) is 6.42. The van der Waals surface area contributed by atoms with Gasteiger partial charge in [0, 0.05) is 0 Å². The number of ether oxygens (including phenoxy) is 1. The average Bonchev–Trinajstić information content (AvgIpc) is 2.95. The van der Waals surface area contributed by atoms with Crippen molar-refractivity contribution in [1.82, 2.24) is 0 Å². The molecule has 0 aliphatic rings. The molecule has 0 bridgehead atoms. The van der Waals surface area contributed by atoms with Gasteiger partial charge in [-0.1, -0.05) is 6.07 Å². The lowest BCUT2D eigenvalue weighted by molar-refractivity contribution is -0.123. The van der Waals surface area contributed by atoms with Gasteiger partial charge < -0.3 is 15.8 Å². The van der Waals surface area contributed by atoms with E-state index in [9.17, 15) is 18.8 Å². The molecular weight excluding hydrogens is 323 g/mol. The van der Waals surface area contributed by atoms with Gasteiger partial charge in [-0.25, -0.2) is 9.18 Å². The van der Waals surface area contributed by atoms with Gasteiger partial charge in [-0.15, -0.1) is 11.3 Å². The van der Waals surface area contributed by atoms with Gasteiger partial charge in [0.1, 0.15) is 10.8 Å². The summed E-state index contributed by atoms with van der Waals surface area (Å²) in [5.74, 6) is -2.71. The number of hydrogen-bond donors (Lipinski definition) is 2. The monoisotopic (exact) mass is 336 g/mol. The number of carbonyl (C=O) groups excluding carboxylic acids is 3. The largest absolute Gasteiger partial charge is 0.449 e. The van der Waals surface area contributed by atoms with Crippen molar-refractivity contribution in [1.29, 1.82) is 0 Å². The third-order valence-electron chi connectivity index (χ3n) is 2.88. The van der Waals surface area contributed by atoms with E-state index in [-0.39, 0.29) is 16.1 Å². The number of carbonyl (C=O) groups is 3. The number of thiophene rings is 1. The number of esters is 1. The summed E-state index contributed by atoms with van der Waals surface area (Å²) in [6.45, 7) is 1.37. The molecule has 0 unspecified atom stereocenters. The highest BCUT2D eigenvalue weighted by molar-refractivity contribution is 7.14. The number of primary amides is 1. The molecule has 0 saturated heterocycles. The van der Waals surface area contributed by atoms with Crippen LogP contribution in [-0.2, 0) is 9.53 Å². The van der Waals surface area contributed by atoms with Crippen LogP contribution in [0.4, 0.5) is 9.39 Å². The second-order valence-corrected chi connectivity index (χ2v) is 5.49. The smallest absolute Gasteiger partial charge is 0.339 e. The molecule has 1 aromatic carbocycles. The first-order valence-electron chi connectivity index (χ1n) is 6.53. The molecule has 120 valence electrons. The zero-order valence-electron chi connectivity index (χ0n) is 12.0. The van der Waals surface area contributed by atoms with Crippen LogP contribution in [0.25, 0.3) is 0 Å². The maximum absolute atomic E-state index is 13.1. The summed E-state index contributed by atoms with van der Waals surface area (Å²) in [7, 11) is 0. The molecule has 8 heteroatoms. The molecule has 0 saturated carbocycles. The van der Waals surface area contributed by atoms with Crippen LogP contribution in [0.3, 0.4) is 0 Å². The van der Waals surface area contributed by atoms with Crippen LogP contribution < -0.4 is 11.1 Å². The molecule has 0 aliphatic carbocycles. The zero-order valence-corrected chi connectivity index (χ0v) is 12.9. The second-order valence-electron chi connectivity index (χ2n) is 4.57. The first kappa shape index (κ1) is 16.6. The minimum atomic E-state index is -1.13. The highest BCUT2D eigenvalue weighted by Gasteiger charge is 2.21. The lowest BCUT2D eigenvalue weighted by Crippen LogP contribution is -2.30. The molecule has 0 fully saturated rings. The minimum Gasteiger partial charge on any atom is -0.449 e. The predicted molar refractivity (Wildman–Crippen MR) is 82.7 cm³/mol. The zero-order chi connectivity index (χ0) is 17.0. The molecule has 2 aromatic rings. The Kier molecular flexibility index (Phi) is 5.07. The summed E-state index contributed by atoms with van der Waals surface area (Å²) in [4.78, 5) is 35.0. The average molecular weight is 336 g/mol. The number of amides is 2. The topological polar surface area (TPSA) is 98.5 Å². The van der Waals surface area contributed by atoms with Crippen molar-refractivity contribution < 1.29 is 23.5 Å². The summed E-state index contributed by atoms with van der Waals surface area (Å²) >= 11 is 1.12. The normalized spacial score (nSPS) is 11.6.